The number of rotatable bonds is 3. The number of ketones is 1. The first-order valence-corrected chi connectivity index (χ1v) is 6.25. The average molecular weight is 226 g/mol. The van der Waals surface area contributed by atoms with E-state index in [1.807, 2.05) is 13.8 Å². The average Bonchev–Trinajstić information content (AvgIpc) is 2.29. The number of methoxy groups -OCH3 is 1. The SMILES string of the molecule is COC1CCCC(OC2CC(=O)C2(C)C)C1. The van der Waals surface area contributed by atoms with E-state index in [-0.39, 0.29) is 17.6 Å². The third kappa shape index (κ3) is 2.16. The van der Waals surface area contributed by atoms with Crippen LogP contribution < -0.4 is 0 Å². The van der Waals surface area contributed by atoms with E-state index in [0.29, 0.717) is 18.3 Å². The summed E-state index contributed by atoms with van der Waals surface area (Å²) in [6.45, 7) is 3.97. The van der Waals surface area contributed by atoms with Gasteiger partial charge in [-0.15, -0.1) is 0 Å². The highest BCUT2D eigenvalue weighted by Gasteiger charge is 2.49. The normalized spacial score (nSPS) is 38.2. The van der Waals surface area contributed by atoms with Crippen molar-refractivity contribution in [1.82, 2.24) is 0 Å². The molecule has 0 heterocycles. The van der Waals surface area contributed by atoms with Crippen LogP contribution in [-0.2, 0) is 14.3 Å². The number of hydrogen-bond donors (Lipinski definition) is 0. The Balaban J connectivity index is 1.84. The van der Waals surface area contributed by atoms with Gasteiger partial charge in [0, 0.05) is 13.5 Å². The third-order valence-corrected chi connectivity index (χ3v) is 4.16. The topological polar surface area (TPSA) is 35.5 Å². The molecule has 0 saturated heterocycles. The molecule has 0 amide bonds. The van der Waals surface area contributed by atoms with Crippen molar-refractivity contribution in [3.63, 3.8) is 0 Å². The molecule has 2 saturated carbocycles. The molecule has 0 N–H and O–H groups in total. The Morgan fingerprint density at radius 2 is 1.94 bits per heavy atom. The van der Waals surface area contributed by atoms with Crippen LogP contribution in [0.3, 0.4) is 0 Å². The van der Waals surface area contributed by atoms with Crippen molar-refractivity contribution in [3.8, 4) is 0 Å². The summed E-state index contributed by atoms with van der Waals surface area (Å²) in [4.78, 5) is 11.4. The predicted octanol–water partition coefficient (Wildman–Crippen LogP) is 2.33. The van der Waals surface area contributed by atoms with Gasteiger partial charge in [0.25, 0.3) is 0 Å². The van der Waals surface area contributed by atoms with Crippen LogP contribution >= 0.6 is 0 Å². The highest BCUT2D eigenvalue weighted by atomic mass is 16.5. The van der Waals surface area contributed by atoms with E-state index >= 15 is 0 Å². The Labute approximate surface area is 97.5 Å². The van der Waals surface area contributed by atoms with Crippen LogP contribution in [0.4, 0.5) is 0 Å². The maximum absolute atomic E-state index is 11.4. The minimum atomic E-state index is -0.264. The van der Waals surface area contributed by atoms with Gasteiger partial charge in [-0.1, -0.05) is 13.8 Å². The molecule has 3 nitrogen and oxygen atoms in total. The molecular formula is C13H22O3. The van der Waals surface area contributed by atoms with E-state index in [0.717, 1.165) is 19.3 Å². The largest absolute Gasteiger partial charge is 0.381 e. The van der Waals surface area contributed by atoms with Gasteiger partial charge in [-0.2, -0.15) is 0 Å². The molecule has 2 fully saturated rings. The van der Waals surface area contributed by atoms with Crippen LogP contribution in [0.2, 0.25) is 0 Å². The molecular weight excluding hydrogens is 204 g/mol. The molecule has 0 aromatic rings. The van der Waals surface area contributed by atoms with Crippen molar-refractivity contribution in [2.24, 2.45) is 5.41 Å². The van der Waals surface area contributed by atoms with Crippen LogP contribution in [0.15, 0.2) is 0 Å². The Hall–Kier alpha value is -0.410. The van der Waals surface area contributed by atoms with Crippen molar-refractivity contribution in [2.45, 2.75) is 64.3 Å². The summed E-state index contributed by atoms with van der Waals surface area (Å²) >= 11 is 0. The highest BCUT2D eigenvalue weighted by Crippen LogP contribution is 2.40. The molecule has 3 unspecified atom stereocenters. The number of hydrogen-bond acceptors (Lipinski definition) is 3. The Morgan fingerprint density at radius 3 is 2.50 bits per heavy atom. The minimum absolute atomic E-state index is 0.126. The molecule has 3 heteroatoms. The third-order valence-electron chi connectivity index (χ3n) is 4.16. The summed E-state index contributed by atoms with van der Waals surface area (Å²) in [7, 11) is 1.77. The van der Waals surface area contributed by atoms with Crippen LogP contribution in [0.25, 0.3) is 0 Å². The monoisotopic (exact) mass is 226 g/mol. The van der Waals surface area contributed by atoms with Gasteiger partial charge in [-0.3, -0.25) is 4.79 Å². The zero-order chi connectivity index (χ0) is 11.8. The molecule has 16 heavy (non-hydrogen) atoms. The highest BCUT2D eigenvalue weighted by molar-refractivity contribution is 5.91. The zero-order valence-electron chi connectivity index (χ0n) is 10.5. The van der Waals surface area contributed by atoms with E-state index in [1.54, 1.807) is 7.11 Å². The zero-order valence-corrected chi connectivity index (χ0v) is 10.5. The predicted molar refractivity (Wildman–Crippen MR) is 61.3 cm³/mol. The molecule has 3 atom stereocenters. The number of Topliss-reactive ketones (excluding diaryl/α,β-unsaturated/α-hetero) is 1. The molecule has 0 bridgehead atoms. The minimum Gasteiger partial charge on any atom is -0.381 e. The first-order chi connectivity index (χ1) is 7.54. The fourth-order valence-electron chi connectivity index (χ4n) is 2.63. The second-order valence-corrected chi connectivity index (χ2v) is 5.62. The van der Waals surface area contributed by atoms with E-state index in [9.17, 15) is 4.79 Å². The first-order valence-electron chi connectivity index (χ1n) is 6.25. The molecule has 0 aromatic carbocycles. The van der Waals surface area contributed by atoms with Crippen LogP contribution in [0, 0.1) is 5.41 Å². The molecule has 0 aliphatic heterocycles. The van der Waals surface area contributed by atoms with Crippen LogP contribution in [-0.4, -0.2) is 31.2 Å². The summed E-state index contributed by atoms with van der Waals surface area (Å²) in [6, 6.07) is 0. The molecule has 0 aromatic heterocycles. The smallest absolute Gasteiger partial charge is 0.143 e. The van der Waals surface area contributed by atoms with Crippen molar-refractivity contribution in [1.29, 1.82) is 0 Å². The molecule has 0 radical (unpaired) electrons. The van der Waals surface area contributed by atoms with Crippen molar-refractivity contribution >= 4 is 5.78 Å². The van der Waals surface area contributed by atoms with E-state index in [4.69, 9.17) is 9.47 Å². The van der Waals surface area contributed by atoms with Crippen LogP contribution in [0.5, 0.6) is 0 Å². The van der Waals surface area contributed by atoms with Gasteiger partial charge in [0.15, 0.2) is 0 Å². The summed E-state index contributed by atoms with van der Waals surface area (Å²) in [6.07, 6.45) is 5.77. The quantitative estimate of drug-likeness (QED) is 0.741. The van der Waals surface area contributed by atoms with E-state index in [1.165, 1.54) is 6.42 Å². The number of ether oxygens (including phenoxy) is 2. The standard InChI is InChI=1S/C13H22O3/c1-13(2)11(14)8-12(13)16-10-6-4-5-9(7-10)15-3/h9-10,12H,4-8H2,1-3H3. The Kier molecular flexibility index (Phi) is 3.36. The summed E-state index contributed by atoms with van der Waals surface area (Å²) in [5.41, 5.74) is -0.264. The number of carbonyl (C=O) groups is 1. The number of carbonyl (C=O) groups excluding carboxylic acids is 1. The lowest BCUT2D eigenvalue weighted by Crippen LogP contribution is -2.53. The lowest BCUT2D eigenvalue weighted by Gasteiger charge is -2.44. The summed E-state index contributed by atoms with van der Waals surface area (Å²) < 4.78 is 11.4. The maximum atomic E-state index is 11.4. The molecule has 2 aliphatic rings. The maximum Gasteiger partial charge on any atom is 0.143 e. The van der Waals surface area contributed by atoms with Gasteiger partial charge in [0.2, 0.25) is 0 Å². The molecule has 92 valence electrons. The van der Waals surface area contributed by atoms with Gasteiger partial charge in [0.1, 0.15) is 5.78 Å². The summed E-state index contributed by atoms with van der Waals surface area (Å²) in [5, 5.41) is 0. The van der Waals surface area contributed by atoms with Gasteiger partial charge in [-0.05, 0) is 25.7 Å². The fraction of sp³-hybridized carbons (Fsp3) is 0.923. The Morgan fingerprint density at radius 1 is 1.25 bits per heavy atom. The van der Waals surface area contributed by atoms with Crippen molar-refractivity contribution in [2.75, 3.05) is 7.11 Å². The first kappa shape index (κ1) is 12.1. The van der Waals surface area contributed by atoms with Crippen LogP contribution in [0.1, 0.15) is 46.0 Å². The van der Waals surface area contributed by atoms with Gasteiger partial charge in [0.05, 0.1) is 23.7 Å². The fourth-order valence-corrected chi connectivity index (χ4v) is 2.63. The lowest BCUT2D eigenvalue weighted by atomic mass is 9.67. The van der Waals surface area contributed by atoms with Crippen molar-refractivity contribution < 1.29 is 14.3 Å². The lowest BCUT2D eigenvalue weighted by molar-refractivity contribution is -0.171. The second kappa shape index (κ2) is 4.46. The van der Waals surface area contributed by atoms with Gasteiger partial charge in [-0.25, -0.2) is 0 Å². The van der Waals surface area contributed by atoms with E-state index in [2.05, 4.69) is 0 Å². The second-order valence-electron chi connectivity index (χ2n) is 5.62. The molecule has 2 rings (SSSR count). The molecule has 2 aliphatic carbocycles. The van der Waals surface area contributed by atoms with E-state index < -0.39 is 0 Å². The van der Waals surface area contributed by atoms with Gasteiger partial charge >= 0.3 is 0 Å². The molecule has 0 spiro atoms. The summed E-state index contributed by atoms with van der Waals surface area (Å²) in [5.74, 6) is 0.330. The van der Waals surface area contributed by atoms with Gasteiger partial charge < -0.3 is 9.47 Å². The van der Waals surface area contributed by atoms with Crippen molar-refractivity contribution in [3.05, 3.63) is 0 Å². The Bertz CT molecular complexity index is 272.